The second-order valence-corrected chi connectivity index (χ2v) is 11.9. The smallest absolute Gasteiger partial charge is 0.183 e. The van der Waals surface area contributed by atoms with Gasteiger partial charge in [-0.1, -0.05) is 6.07 Å². The first-order valence-corrected chi connectivity index (χ1v) is 14.0. The highest BCUT2D eigenvalue weighted by molar-refractivity contribution is 7.92. The molecule has 0 amide bonds. The van der Waals surface area contributed by atoms with E-state index in [-0.39, 0.29) is 12.6 Å². The van der Waals surface area contributed by atoms with Gasteiger partial charge in [0.2, 0.25) is 0 Å². The number of nitrogens with zero attached hydrogens (tertiary/aromatic N) is 4. The van der Waals surface area contributed by atoms with Crippen molar-refractivity contribution in [1.82, 2.24) is 19.9 Å². The molecule has 2 fully saturated rings. The molecule has 2 aliphatic rings. The summed E-state index contributed by atoms with van der Waals surface area (Å²) in [5.41, 5.74) is 4.01. The van der Waals surface area contributed by atoms with Gasteiger partial charge in [0.25, 0.3) is 0 Å². The maximum atomic E-state index is 13.3. The Hall–Kier alpha value is -3.34. The molecule has 37 heavy (non-hydrogen) atoms. The molecular formula is C27H29N5O4S. The Morgan fingerprint density at radius 2 is 1.89 bits per heavy atom. The minimum absolute atomic E-state index is 0.143. The molecule has 0 radical (unpaired) electrons. The Morgan fingerprint density at radius 1 is 1.03 bits per heavy atom. The number of ether oxygens (including phenoxy) is 2. The Bertz CT molecular complexity index is 1560. The van der Waals surface area contributed by atoms with Crippen molar-refractivity contribution in [2.75, 3.05) is 37.9 Å². The van der Waals surface area contributed by atoms with Crippen LogP contribution in [-0.2, 0) is 19.3 Å². The fourth-order valence-electron chi connectivity index (χ4n) is 5.07. The summed E-state index contributed by atoms with van der Waals surface area (Å²) < 4.78 is 37.7. The van der Waals surface area contributed by atoms with Crippen molar-refractivity contribution in [3.05, 3.63) is 54.4 Å². The third kappa shape index (κ3) is 4.39. The molecule has 4 aromatic rings. The van der Waals surface area contributed by atoms with Gasteiger partial charge >= 0.3 is 0 Å². The molecule has 1 unspecified atom stereocenters. The first kappa shape index (κ1) is 24.0. The number of nitrogens with one attached hydrogen (secondary N) is 1. The fourth-order valence-corrected chi connectivity index (χ4v) is 6.67. The molecular weight excluding hydrogens is 490 g/mol. The molecule has 5 heterocycles. The fraction of sp³-hybridized carbons (Fsp3) is 0.370. The van der Waals surface area contributed by atoms with Crippen LogP contribution in [0.25, 0.3) is 33.7 Å². The van der Waals surface area contributed by atoms with Crippen molar-refractivity contribution >= 4 is 26.7 Å². The van der Waals surface area contributed by atoms with E-state index < -0.39 is 15.1 Å². The van der Waals surface area contributed by atoms with Gasteiger partial charge in [0, 0.05) is 48.1 Å². The van der Waals surface area contributed by atoms with E-state index in [1.807, 2.05) is 37.4 Å². The number of sulfone groups is 1. The summed E-state index contributed by atoms with van der Waals surface area (Å²) in [4.78, 5) is 20.0. The third-order valence-electron chi connectivity index (χ3n) is 7.22. The van der Waals surface area contributed by atoms with Gasteiger partial charge in [-0.15, -0.1) is 0 Å². The van der Waals surface area contributed by atoms with Crippen LogP contribution in [0, 0.1) is 6.92 Å². The first-order valence-electron chi connectivity index (χ1n) is 12.5. The lowest BCUT2D eigenvalue weighted by molar-refractivity contribution is 0.0985. The number of anilines is 1. The topological polar surface area (TPSA) is 110 Å². The van der Waals surface area contributed by atoms with Crippen molar-refractivity contribution < 1.29 is 17.9 Å². The van der Waals surface area contributed by atoms with Crippen molar-refractivity contribution in [3.8, 4) is 22.6 Å². The van der Waals surface area contributed by atoms with Crippen molar-refractivity contribution in [2.45, 2.75) is 36.5 Å². The Morgan fingerprint density at radius 3 is 2.70 bits per heavy atom. The van der Waals surface area contributed by atoms with Crippen LogP contribution in [0.1, 0.15) is 18.9 Å². The highest BCUT2D eigenvalue weighted by Gasteiger charge is 2.32. The van der Waals surface area contributed by atoms with E-state index >= 15 is 0 Å². The summed E-state index contributed by atoms with van der Waals surface area (Å²) in [5.74, 6) is 1.35. The predicted molar refractivity (Wildman–Crippen MR) is 141 cm³/mol. The molecule has 0 saturated carbocycles. The maximum absolute atomic E-state index is 13.3. The molecule has 10 heteroatoms. The molecule has 1 N–H and O–H groups in total. The van der Waals surface area contributed by atoms with Crippen LogP contribution in [0.15, 0.2) is 53.7 Å². The summed E-state index contributed by atoms with van der Waals surface area (Å²) in [5, 5.41) is 0.405. The molecule has 192 valence electrons. The van der Waals surface area contributed by atoms with Gasteiger partial charge in [0.05, 0.1) is 41.7 Å². The van der Waals surface area contributed by atoms with Gasteiger partial charge in [-0.05, 0) is 50.1 Å². The van der Waals surface area contributed by atoms with Crippen LogP contribution in [0.3, 0.4) is 0 Å². The van der Waals surface area contributed by atoms with Crippen LogP contribution < -0.4 is 4.90 Å². The second-order valence-electron chi connectivity index (χ2n) is 9.66. The number of rotatable bonds is 5. The second kappa shape index (κ2) is 9.51. The standard InChI is InChI=1S/C27H29N5O4S/c1-17-3-4-19(37(33,34)20-7-11-35-16-20)13-23(17)24-14-25(32-10-12-36-15-18(32)2)31-27(30-24)22-6-9-29-26-21(22)5-8-28-26/h3-6,8-9,13-14,18,20H,7,10-12,15-16H2,1-2H3,(H,28,29)/t18-,20?/m1/s1. The number of pyridine rings is 1. The molecule has 1 aromatic carbocycles. The number of hydrogen-bond acceptors (Lipinski definition) is 8. The molecule has 0 aliphatic carbocycles. The van der Waals surface area contributed by atoms with Gasteiger partial charge in [-0.2, -0.15) is 0 Å². The highest BCUT2D eigenvalue weighted by atomic mass is 32.2. The highest BCUT2D eigenvalue weighted by Crippen LogP contribution is 2.34. The minimum atomic E-state index is -3.52. The summed E-state index contributed by atoms with van der Waals surface area (Å²) in [6.07, 6.45) is 4.10. The van der Waals surface area contributed by atoms with E-state index in [0.717, 1.165) is 33.5 Å². The molecule has 2 atom stereocenters. The van der Waals surface area contributed by atoms with Crippen molar-refractivity contribution in [3.63, 3.8) is 0 Å². The largest absolute Gasteiger partial charge is 0.380 e. The van der Waals surface area contributed by atoms with Gasteiger partial charge in [-0.25, -0.2) is 23.4 Å². The van der Waals surface area contributed by atoms with Crippen molar-refractivity contribution in [1.29, 1.82) is 0 Å². The van der Waals surface area contributed by atoms with E-state index in [0.29, 0.717) is 49.2 Å². The zero-order valence-corrected chi connectivity index (χ0v) is 21.7. The number of H-pyrrole nitrogens is 1. The summed E-state index contributed by atoms with van der Waals surface area (Å²) >= 11 is 0. The van der Waals surface area contributed by atoms with Gasteiger partial charge in [0.1, 0.15) is 11.5 Å². The van der Waals surface area contributed by atoms with Crippen LogP contribution in [-0.4, -0.2) is 72.6 Å². The van der Waals surface area contributed by atoms with Crippen LogP contribution in [0.2, 0.25) is 0 Å². The number of hydrogen-bond donors (Lipinski definition) is 1. The lowest BCUT2D eigenvalue weighted by Crippen LogP contribution is -2.44. The van der Waals surface area contributed by atoms with Crippen LogP contribution in [0.4, 0.5) is 5.82 Å². The molecule has 9 nitrogen and oxygen atoms in total. The normalized spacial score (nSPS) is 20.5. The van der Waals surface area contributed by atoms with E-state index in [1.54, 1.807) is 18.3 Å². The molecule has 2 saturated heterocycles. The third-order valence-corrected chi connectivity index (χ3v) is 9.38. The van der Waals surface area contributed by atoms with Gasteiger partial charge < -0.3 is 19.4 Å². The van der Waals surface area contributed by atoms with Crippen LogP contribution >= 0.6 is 0 Å². The molecule has 0 spiro atoms. The van der Waals surface area contributed by atoms with Gasteiger partial charge in [0.15, 0.2) is 15.7 Å². The number of morpholine rings is 1. The number of fused-ring (bicyclic) bond motifs is 1. The van der Waals surface area contributed by atoms with E-state index in [9.17, 15) is 8.42 Å². The number of aromatic nitrogens is 4. The van der Waals surface area contributed by atoms with Gasteiger partial charge in [-0.3, -0.25) is 0 Å². The van der Waals surface area contributed by atoms with Crippen LogP contribution in [0.5, 0.6) is 0 Å². The summed E-state index contributed by atoms with van der Waals surface area (Å²) in [7, 11) is -3.52. The Labute approximate surface area is 215 Å². The predicted octanol–water partition coefficient (Wildman–Crippen LogP) is 3.78. The van der Waals surface area contributed by atoms with E-state index in [4.69, 9.17) is 19.4 Å². The van der Waals surface area contributed by atoms with E-state index in [2.05, 4.69) is 21.8 Å². The zero-order valence-electron chi connectivity index (χ0n) is 20.8. The molecule has 0 bridgehead atoms. The Balaban J connectivity index is 1.52. The quantitative estimate of drug-likeness (QED) is 0.424. The number of aromatic amines is 1. The minimum Gasteiger partial charge on any atom is -0.380 e. The lowest BCUT2D eigenvalue weighted by atomic mass is 10.0. The Kier molecular flexibility index (Phi) is 6.18. The number of benzene rings is 1. The number of aryl methyl sites for hydroxylation is 1. The van der Waals surface area contributed by atoms with E-state index in [1.165, 1.54) is 0 Å². The summed E-state index contributed by atoms with van der Waals surface area (Å²) in [6, 6.07) is 11.3. The average Bonchev–Trinajstić information content (AvgIpc) is 3.62. The molecule has 6 rings (SSSR count). The SMILES string of the molecule is Cc1ccc(S(=O)(=O)C2CCOC2)cc1-c1cc(N2CCOC[C@H]2C)nc(-c2ccnc3[nH]ccc23)n1. The zero-order chi connectivity index (χ0) is 25.6. The lowest BCUT2D eigenvalue weighted by Gasteiger charge is -2.34. The summed E-state index contributed by atoms with van der Waals surface area (Å²) in [6.45, 7) is 6.73. The first-order chi connectivity index (χ1) is 17.9. The monoisotopic (exact) mass is 519 g/mol. The maximum Gasteiger partial charge on any atom is 0.183 e. The molecule has 2 aliphatic heterocycles. The van der Waals surface area contributed by atoms with Crippen molar-refractivity contribution in [2.24, 2.45) is 0 Å². The average molecular weight is 520 g/mol. The molecule has 3 aromatic heterocycles.